The smallest absolute Gasteiger partial charge is 0.317 e. The van der Waals surface area contributed by atoms with E-state index in [0.29, 0.717) is 13.2 Å². The highest BCUT2D eigenvalue weighted by Gasteiger charge is 2.19. The molecular formula is C14H26N2O4. The maximum absolute atomic E-state index is 12.3. The molecule has 0 spiro atoms. The molecule has 0 aliphatic carbocycles. The van der Waals surface area contributed by atoms with Gasteiger partial charge in [-0.25, -0.2) is 0 Å². The molecule has 0 aromatic carbocycles. The number of aliphatic carboxylic acids is 1. The van der Waals surface area contributed by atoms with Gasteiger partial charge in [-0.1, -0.05) is 19.3 Å². The van der Waals surface area contributed by atoms with Crippen molar-refractivity contribution in [3.63, 3.8) is 0 Å². The summed E-state index contributed by atoms with van der Waals surface area (Å²) in [6.45, 7) is 2.52. The maximum Gasteiger partial charge on any atom is 0.317 e. The molecular weight excluding hydrogens is 260 g/mol. The maximum atomic E-state index is 12.3. The number of carbonyl (C=O) groups is 2. The van der Waals surface area contributed by atoms with E-state index in [1.165, 1.54) is 19.3 Å². The first-order valence-electron chi connectivity index (χ1n) is 7.34. The van der Waals surface area contributed by atoms with Crippen molar-refractivity contribution in [1.82, 2.24) is 9.80 Å². The van der Waals surface area contributed by atoms with Crippen molar-refractivity contribution in [1.29, 1.82) is 0 Å². The number of carboxylic acid groups (broad SMARTS) is 1. The Kier molecular flexibility index (Phi) is 8.22. The van der Waals surface area contributed by atoms with Gasteiger partial charge < -0.3 is 14.7 Å². The van der Waals surface area contributed by atoms with E-state index in [9.17, 15) is 9.59 Å². The van der Waals surface area contributed by atoms with Gasteiger partial charge >= 0.3 is 5.97 Å². The molecule has 116 valence electrons. The van der Waals surface area contributed by atoms with Gasteiger partial charge in [0.25, 0.3) is 0 Å². The molecule has 0 radical (unpaired) electrons. The summed E-state index contributed by atoms with van der Waals surface area (Å²) in [6, 6.07) is 0. The number of ether oxygens (including phenoxy) is 1. The number of amides is 1. The number of nitrogens with zero attached hydrogens (tertiary/aromatic N) is 2. The topological polar surface area (TPSA) is 70.1 Å². The summed E-state index contributed by atoms with van der Waals surface area (Å²) in [6.07, 6.45) is 5.69. The van der Waals surface area contributed by atoms with E-state index in [4.69, 9.17) is 9.84 Å². The van der Waals surface area contributed by atoms with Crippen LogP contribution in [0, 0.1) is 0 Å². The van der Waals surface area contributed by atoms with E-state index in [2.05, 4.69) is 0 Å². The van der Waals surface area contributed by atoms with Crippen LogP contribution >= 0.6 is 0 Å². The van der Waals surface area contributed by atoms with Crippen LogP contribution in [0.3, 0.4) is 0 Å². The third-order valence-corrected chi connectivity index (χ3v) is 3.54. The minimum absolute atomic E-state index is 0.0317. The molecule has 1 N–H and O–H groups in total. The summed E-state index contributed by atoms with van der Waals surface area (Å²) in [5, 5.41) is 8.88. The van der Waals surface area contributed by atoms with E-state index < -0.39 is 5.97 Å². The molecule has 1 saturated heterocycles. The molecule has 1 aliphatic rings. The zero-order valence-electron chi connectivity index (χ0n) is 12.3. The number of likely N-dealkylation sites (tertiary alicyclic amines) is 1. The third kappa shape index (κ3) is 6.86. The molecule has 0 saturated carbocycles. The average molecular weight is 286 g/mol. The van der Waals surface area contributed by atoms with Crippen molar-refractivity contribution < 1.29 is 19.4 Å². The molecule has 6 nitrogen and oxygen atoms in total. The van der Waals surface area contributed by atoms with Crippen molar-refractivity contribution in [3.8, 4) is 0 Å². The summed E-state index contributed by atoms with van der Waals surface area (Å²) in [5.41, 5.74) is 0. The number of carbonyl (C=O) groups excluding carboxylic acids is 1. The molecule has 0 aromatic heterocycles. The van der Waals surface area contributed by atoms with Crippen LogP contribution in [-0.4, -0.2) is 73.2 Å². The lowest BCUT2D eigenvalue weighted by atomic mass is 10.1. The standard InChI is InChI=1S/C14H26N2O4/c1-20-10-9-15(12-14(18)19)11-13(17)16-7-5-3-2-4-6-8-16/h2-12H2,1H3,(H,18,19). The quantitative estimate of drug-likeness (QED) is 0.750. The van der Waals surface area contributed by atoms with E-state index in [1.807, 2.05) is 4.90 Å². The van der Waals surface area contributed by atoms with Gasteiger partial charge in [-0.15, -0.1) is 0 Å². The predicted molar refractivity (Wildman–Crippen MR) is 75.6 cm³/mol. The number of methoxy groups -OCH3 is 1. The van der Waals surface area contributed by atoms with E-state index in [1.54, 1.807) is 12.0 Å². The molecule has 1 rings (SSSR count). The van der Waals surface area contributed by atoms with Crippen molar-refractivity contribution in [2.75, 3.05) is 46.4 Å². The van der Waals surface area contributed by atoms with Crippen LogP contribution in [0.4, 0.5) is 0 Å². The third-order valence-electron chi connectivity index (χ3n) is 3.54. The van der Waals surface area contributed by atoms with Crippen LogP contribution in [0.2, 0.25) is 0 Å². The van der Waals surface area contributed by atoms with Gasteiger partial charge in [0.05, 0.1) is 19.7 Å². The lowest BCUT2D eigenvalue weighted by Crippen LogP contribution is -2.44. The zero-order valence-corrected chi connectivity index (χ0v) is 12.3. The Morgan fingerprint density at radius 2 is 1.70 bits per heavy atom. The lowest BCUT2D eigenvalue weighted by Gasteiger charge is -2.28. The minimum Gasteiger partial charge on any atom is -0.480 e. The van der Waals surface area contributed by atoms with Crippen LogP contribution < -0.4 is 0 Å². The van der Waals surface area contributed by atoms with Gasteiger partial charge in [0, 0.05) is 26.7 Å². The normalized spacial score (nSPS) is 16.8. The summed E-state index contributed by atoms with van der Waals surface area (Å²) in [4.78, 5) is 26.6. The largest absolute Gasteiger partial charge is 0.480 e. The van der Waals surface area contributed by atoms with Crippen molar-refractivity contribution in [2.24, 2.45) is 0 Å². The molecule has 0 atom stereocenters. The van der Waals surface area contributed by atoms with E-state index >= 15 is 0 Å². The number of carboxylic acids is 1. The molecule has 1 aliphatic heterocycles. The number of hydrogen-bond donors (Lipinski definition) is 1. The monoisotopic (exact) mass is 286 g/mol. The van der Waals surface area contributed by atoms with Crippen LogP contribution in [-0.2, 0) is 14.3 Å². The summed E-state index contributed by atoms with van der Waals surface area (Å²) in [7, 11) is 1.57. The molecule has 6 heteroatoms. The van der Waals surface area contributed by atoms with Gasteiger partial charge in [-0.05, 0) is 12.8 Å². The Morgan fingerprint density at radius 3 is 2.25 bits per heavy atom. The van der Waals surface area contributed by atoms with Crippen LogP contribution in [0.25, 0.3) is 0 Å². The highest BCUT2D eigenvalue weighted by molar-refractivity contribution is 5.79. The SMILES string of the molecule is COCCN(CC(=O)O)CC(=O)N1CCCCCCC1. The van der Waals surface area contributed by atoms with Crippen molar-refractivity contribution in [2.45, 2.75) is 32.1 Å². The fourth-order valence-corrected chi connectivity index (χ4v) is 2.41. The molecule has 20 heavy (non-hydrogen) atoms. The first-order chi connectivity index (χ1) is 9.63. The second kappa shape index (κ2) is 9.72. The molecule has 1 amide bonds. The van der Waals surface area contributed by atoms with Crippen molar-refractivity contribution in [3.05, 3.63) is 0 Å². The van der Waals surface area contributed by atoms with Gasteiger partial charge in [0.2, 0.25) is 5.91 Å². The van der Waals surface area contributed by atoms with Crippen LogP contribution in [0.15, 0.2) is 0 Å². The summed E-state index contributed by atoms with van der Waals surface area (Å²) < 4.78 is 4.96. The molecule has 1 heterocycles. The molecule has 0 aromatic rings. The zero-order chi connectivity index (χ0) is 14.8. The molecule has 1 fully saturated rings. The predicted octanol–water partition coefficient (Wildman–Crippen LogP) is 0.812. The number of hydrogen-bond acceptors (Lipinski definition) is 4. The fourth-order valence-electron chi connectivity index (χ4n) is 2.41. The van der Waals surface area contributed by atoms with E-state index in [0.717, 1.165) is 25.9 Å². The summed E-state index contributed by atoms with van der Waals surface area (Å²) in [5.74, 6) is -0.883. The van der Waals surface area contributed by atoms with Gasteiger partial charge in [-0.2, -0.15) is 0 Å². The highest BCUT2D eigenvalue weighted by Crippen LogP contribution is 2.10. The second-order valence-corrected chi connectivity index (χ2v) is 5.25. The van der Waals surface area contributed by atoms with Gasteiger partial charge in [0.15, 0.2) is 0 Å². The number of rotatable bonds is 7. The Bertz CT molecular complexity index is 302. The Labute approximate surface area is 120 Å². The second-order valence-electron chi connectivity index (χ2n) is 5.25. The van der Waals surface area contributed by atoms with Crippen molar-refractivity contribution >= 4 is 11.9 Å². The lowest BCUT2D eigenvalue weighted by molar-refractivity contribution is -0.140. The van der Waals surface area contributed by atoms with Gasteiger partial charge in [-0.3, -0.25) is 14.5 Å². The van der Waals surface area contributed by atoms with Crippen LogP contribution in [0.1, 0.15) is 32.1 Å². The first kappa shape index (κ1) is 16.9. The van der Waals surface area contributed by atoms with Gasteiger partial charge in [0.1, 0.15) is 0 Å². The average Bonchev–Trinajstić information content (AvgIpc) is 2.34. The highest BCUT2D eigenvalue weighted by atomic mass is 16.5. The van der Waals surface area contributed by atoms with Crippen LogP contribution in [0.5, 0.6) is 0 Å². The minimum atomic E-state index is -0.915. The first-order valence-corrected chi connectivity index (χ1v) is 7.34. The Balaban J connectivity index is 2.46. The molecule has 0 bridgehead atoms. The Hall–Kier alpha value is -1.14. The molecule has 0 unspecified atom stereocenters. The summed E-state index contributed by atoms with van der Waals surface area (Å²) >= 11 is 0. The Morgan fingerprint density at radius 1 is 1.10 bits per heavy atom. The van der Waals surface area contributed by atoms with E-state index in [-0.39, 0.29) is 19.0 Å². The fraction of sp³-hybridized carbons (Fsp3) is 0.857.